The van der Waals surface area contributed by atoms with Crippen LogP contribution in [-0.2, 0) is 6.54 Å². The first-order chi connectivity index (χ1) is 10.8. The zero-order valence-corrected chi connectivity index (χ0v) is 13.1. The molecule has 6 nitrogen and oxygen atoms in total. The molecule has 0 unspecified atom stereocenters. The summed E-state index contributed by atoms with van der Waals surface area (Å²) in [5.41, 5.74) is 0.858. The maximum Gasteiger partial charge on any atom is 0.195 e. The Morgan fingerprint density at radius 3 is 2.77 bits per heavy atom. The van der Waals surface area contributed by atoms with Crippen LogP contribution < -0.4 is 20.1 Å². The Hall–Kier alpha value is -2.63. The number of aliphatic imine (C=N–C) groups is 1. The van der Waals surface area contributed by atoms with Crippen LogP contribution in [-0.4, -0.2) is 26.7 Å². The number of rotatable bonds is 6. The molecule has 0 saturated heterocycles. The topological polar surface area (TPSA) is 68.0 Å². The Labute approximate surface area is 130 Å². The summed E-state index contributed by atoms with van der Waals surface area (Å²) >= 11 is 0. The first kappa shape index (κ1) is 15.8. The molecule has 2 aromatic rings. The van der Waals surface area contributed by atoms with Gasteiger partial charge in [0.1, 0.15) is 5.76 Å². The smallest absolute Gasteiger partial charge is 0.195 e. The average Bonchev–Trinajstić information content (AvgIpc) is 3.05. The Morgan fingerprint density at radius 1 is 1.27 bits per heavy atom. The van der Waals surface area contributed by atoms with Crippen molar-refractivity contribution in [3.8, 4) is 11.5 Å². The molecule has 1 heterocycles. The van der Waals surface area contributed by atoms with E-state index in [0.29, 0.717) is 30.6 Å². The fraction of sp³-hybridized carbons (Fsp3) is 0.312. The van der Waals surface area contributed by atoms with Crippen LogP contribution >= 0.6 is 0 Å². The predicted octanol–water partition coefficient (Wildman–Crippen LogP) is 2.87. The Balaban J connectivity index is 2.02. The van der Waals surface area contributed by atoms with E-state index in [1.165, 1.54) is 0 Å². The van der Waals surface area contributed by atoms with E-state index >= 15 is 0 Å². The Kier molecular flexibility index (Phi) is 5.71. The molecule has 0 bridgehead atoms. The third-order valence-corrected chi connectivity index (χ3v) is 2.96. The molecule has 2 rings (SSSR count). The van der Waals surface area contributed by atoms with Crippen LogP contribution in [0.25, 0.3) is 0 Å². The lowest BCUT2D eigenvalue weighted by molar-refractivity contribution is 0.311. The van der Waals surface area contributed by atoms with Crippen molar-refractivity contribution in [1.82, 2.24) is 5.32 Å². The van der Waals surface area contributed by atoms with E-state index in [0.717, 1.165) is 11.4 Å². The van der Waals surface area contributed by atoms with Gasteiger partial charge >= 0.3 is 0 Å². The molecular weight excluding hydrogens is 282 g/mol. The summed E-state index contributed by atoms with van der Waals surface area (Å²) in [6.45, 7) is 3.07. The van der Waals surface area contributed by atoms with E-state index in [9.17, 15) is 0 Å². The molecule has 0 aliphatic heterocycles. The molecule has 0 fully saturated rings. The van der Waals surface area contributed by atoms with Crippen molar-refractivity contribution in [2.24, 2.45) is 4.99 Å². The van der Waals surface area contributed by atoms with Gasteiger partial charge in [0, 0.05) is 18.8 Å². The molecular formula is C16H21N3O3. The van der Waals surface area contributed by atoms with E-state index in [-0.39, 0.29) is 0 Å². The molecule has 118 valence electrons. The first-order valence-electron chi connectivity index (χ1n) is 7.07. The number of methoxy groups -OCH3 is 1. The molecule has 1 aromatic heterocycles. The van der Waals surface area contributed by atoms with E-state index in [2.05, 4.69) is 15.6 Å². The summed E-state index contributed by atoms with van der Waals surface area (Å²) in [5.74, 6) is 2.87. The predicted molar refractivity (Wildman–Crippen MR) is 86.7 cm³/mol. The first-order valence-corrected chi connectivity index (χ1v) is 7.07. The summed E-state index contributed by atoms with van der Waals surface area (Å²) in [6.07, 6.45) is 1.64. The van der Waals surface area contributed by atoms with Crippen LogP contribution in [0, 0.1) is 0 Å². The van der Waals surface area contributed by atoms with Gasteiger partial charge in [0.15, 0.2) is 17.5 Å². The normalized spacial score (nSPS) is 11.1. The number of anilines is 1. The summed E-state index contributed by atoms with van der Waals surface area (Å²) in [4.78, 5) is 4.18. The van der Waals surface area contributed by atoms with E-state index in [1.807, 2.05) is 37.3 Å². The second-order valence-electron chi connectivity index (χ2n) is 4.43. The molecule has 0 radical (unpaired) electrons. The molecule has 0 spiro atoms. The van der Waals surface area contributed by atoms with Gasteiger partial charge < -0.3 is 24.5 Å². The number of guanidine groups is 1. The SMILES string of the molecule is CCOc1cc(NC(=NC)NCc2ccco2)ccc1OC. The molecule has 0 amide bonds. The molecule has 0 saturated carbocycles. The fourth-order valence-electron chi connectivity index (χ4n) is 1.92. The highest BCUT2D eigenvalue weighted by Gasteiger charge is 2.07. The third kappa shape index (κ3) is 4.18. The number of hydrogen-bond donors (Lipinski definition) is 2. The van der Waals surface area contributed by atoms with Gasteiger partial charge in [0.05, 0.1) is 26.5 Å². The van der Waals surface area contributed by atoms with Gasteiger partial charge in [-0.15, -0.1) is 0 Å². The van der Waals surface area contributed by atoms with E-state index < -0.39 is 0 Å². The van der Waals surface area contributed by atoms with Crippen molar-refractivity contribution in [3.63, 3.8) is 0 Å². The van der Waals surface area contributed by atoms with Crippen LogP contribution in [0.3, 0.4) is 0 Å². The van der Waals surface area contributed by atoms with Gasteiger partial charge in [-0.3, -0.25) is 4.99 Å². The lowest BCUT2D eigenvalue weighted by Crippen LogP contribution is -2.30. The fourth-order valence-corrected chi connectivity index (χ4v) is 1.92. The largest absolute Gasteiger partial charge is 0.493 e. The zero-order valence-electron chi connectivity index (χ0n) is 13.1. The zero-order chi connectivity index (χ0) is 15.8. The van der Waals surface area contributed by atoms with Gasteiger partial charge in [-0.25, -0.2) is 0 Å². The van der Waals surface area contributed by atoms with E-state index in [1.54, 1.807) is 20.4 Å². The maximum absolute atomic E-state index is 5.56. The summed E-state index contributed by atoms with van der Waals surface area (Å²) in [7, 11) is 3.33. The summed E-state index contributed by atoms with van der Waals surface area (Å²) < 4.78 is 16.1. The van der Waals surface area contributed by atoms with Crippen LogP contribution in [0.1, 0.15) is 12.7 Å². The Morgan fingerprint density at radius 2 is 2.14 bits per heavy atom. The molecule has 22 heavy (non-hydrogen) atoms. The number of nitrogens with one attached hydrogen (secondary N) is 2. The molecule has 0 aliphatic carbocycles. The molecule has 1 aromatic carbocycles. The van der Waals surface area contributed by atoms with Crippen molar-refractivity contribution >= 4 is 11.6 Å². The third-order valence-electron chi connectivity index (χ3n) is 2.96. The minimum absolute atomic E-state index is 0.557. The summed E-state index contributed by atoms with van der Waals surface area (Å²) in [6, 6.07) is 9.39. The van der Waals surface area contributed by atoms with Gasteiger partial charge in [-0.05, 0) is 31.2 Å². The lowest BCUT2D eigenvalue weighted by atomic mass is 10.2. The van der Waals surface area contributed by atoms with Crippen molar-refractivity contribution in [2.45, 2.75) is 13.5 Å². The summed E-state index contributed by atoms with van der Waals surface area (Å²) in [5, 5.41) is 6.38. The second kappa shape index (κ2) is 7.97. The van der Waals surface area contributed by atoms with Crippen molar-refractivity contribution in [1.29, 1.82) is 0 Å². The van der Waals surface area contributed by atoms with E-state index in [4.69, 9.17) is 13.9 Å². The van der Waals surface area contributed by atoms with Gasteiger partial charge in [0.2, 0.25) is 0 Å². The van der Waals surface area contributed by atoms with Crippen molar-refractivity contribution < 1.29 is 13.9 Å². The van der Waals surface area contributed by atoms with Gasteiger partial charge in [-0.2, -0.15) is 0 Å². The number of nitrogens with zero attached hydrogens (tertiary/aromatic N) is 1. The van der Waals surface area contributed by atoms with Crippen LogP contribution in [0.2, 0.25) is 0 Å². The van der Waals surface area contributed by atoms with Crippen LogP contribution in [0.15, 0.2) is 46.0 Å². The standard InChI is InChI=1S/C16H21N3O3/c1-4-21-15-10-12(7-8-14(15)20-3)19-16(17-2)18-11-13-6-5-9-22-13/h5-10H,4,11H2,1-3H3,(H2,17,18,19). The van der Waals surface area contributed by atoms with Gasteiger partial charge in [-0.1, -0.05) is 0 Å². The minimum Gasteiger partial charge on any atom is -0.493 e. The molecule has 2 N–H and O–H groups in total. The number of hydrogen-bond acceptors (Lipinski definition) is 4. The maximum atomic E-state index is 5.56. The van der Waals surface area contributed by atoms with Crippen LogP contribution in [0.4, 0.5) is 5.69 Å². The average molecular weight is 303 g/mol. The number of furan rings is 1. The monoisotopic (exact) mass is 303 g/mol. The highest BCUT2D eigenvalue weighted by molar-refractivity contribution is 5.93. The highest BCUT2D eigenvalue weighted by atomic mass is 16.5. The van der Waals surface area contributed by atoms with Crippen molar-refractivity contribution in [2.75, 3.05) is 26.1 Å². The quantitative estimate of drug-likeness (QED) is 0.634. The van der Waals surface area contributed by atoms with Crippen LogP contribution in [0.5, 0.6) is 11.5 Å². The lowest BCUT2D eigenvalue weighted by Gasteiger charge is -2.14. The number of benzene rings is 1. The number of ether oxygens (including phenoxy) is 2. The molecule has 6 heteroatoms. The molecule has 0 aliphatic rings. The Bertz CT molecular complexity index is 609. The molecule has 0 atom stereocenters. The minimum atomic E-state index is 0.557. The highest BCUT2D eigenvalue weighted by Crippen LogP contribution is 2.30. The van der Waals surface area contributed by atoms with Crippen molar-refractivity contribution in [3.05, 3.63) is 42.4 Å². The van der Waals surface area contributed by atoms with Gasteiger partial charge in [0.25, 0.3) is 0 Å². The second-order valence-corrected chi connectivity index (χ2v) is 4.43.